The molecule has 0 bridgehead atoms. The van der Waals surface area contributed by atoms with Crippen molar-refractivity contribution in [1.29, 1.82) is 0 Å². The lowest BCUT2D eigenvalue weighted by molar-refractivity contribution is -0.134. The Morgan fingerprint density at radius 3 is 2.83 bits per heavy atom. The second-order valence-electron chi connectivity index (χ2n) is 5.41. The first-order valence-electron chi connectivity index (χ1n) is 6.55. The predicted octanol–water partition coefficient (Wildman–Crippen LogP) is 1.07. The van der Waals surface area contributed by atoms with Crippen LogP contribution in [-0.4, -0.2) is 33.2 Å². The summed E-state index contributed by atoms with van der Waals surface area (Å²) in [4.78, 5) is 14.4. The minimum Gasteiger partial charge on any atom is -0.338 e. The van der Waals surface area contributed by atoms with E-state index in [1.54, 1.807) is 10.9 Å². The van der Waals surface area contributed by atoms with Crippen molar-refractivity contribution in [3.8, 4) is 0 Å². The minimum absolute atomic E-state index is 0.0270. The maximum absolute atomic E-state index is 12.4. The van der Waals surface area contributed by atoms with E-state index < -0.39 is 6.04 Å². The lowest BCUT2D eigenvalue weighted by Crippen LogP contribution is -2.43. The fraction of sp³-hybridized carbons (Fsp3) is 0.692. The highest BCUT2D eigenvalue weighted by molar-refractivity contribution is 5.83. The maximum Gasteiger partial charge on any atom is 0.244 e. The summed E-state index contributed by atoms with van der Waals surface area (Å²) in [7, 11) is 1.83. The molecule has 2 unspecified atom stereocenters. The minimum atomic E-state index is -0.585. The van der Waals surface area contributed by atoms with E-state index in [0.29, 0.717) is 12.0 Å². The topological polar surface area (TPSA) is 64.2 Å². The number of nitrogens with two attached hydrogens (primary N) is 1. The van der Waals surface area contributed by atoms with E-state index in [1.807, 2.05) is 18.1 Å². The van der Waals surface area contributed by atoms with Gasteiger partial charge in [0, 0.05) is 31.4 Å². The number of aromatic nitrogens is 2. The van der Waals surface area contributed by atoms with Crippen LogP contribution in [0.1, 0.15) is 38.3 Å². The predicted molar refractivity (Wildman–Crippen MR) is 69.7 cm³/mol. The molecule has 1 fully saturated rings. The van der Waals surface area contributed by atoms with E-state index in [4.69, 9.17) is 5.73 Å². The van der Waals surface area contributed by atoms with Crippen molar-refractivity contribution in [2.24, 2.45) is 18.7 Å². The van der Waals surface area contributed by atoms with Crippen molar-refractivity contribution in [2.45, 2.75) is 38.8 Å². The van der Waals surface area contributed by atoms with Gasteiger partial charge in [0.25, 0.3) is 0 Å². The van der Waals surface area contributed by atoms with Crippen molar-refractivity contribution >= 4 is 5.91 Å². The summed E-state index contributed by atoms with van der Waals surface area (Å²) in [5.41, 5.74) is 6.84. The maximum atomic E-state index is 12.4. The van der Waals surface area contributed by atoms with Crippen LogP contribution < -0.4 is 5.73 Å². The number of rotatable bonds is 3. The van der Waals surface area contributed by atoms with E-state index in [9.17, 15) is 4.79 Å². The smallest absolute Gasteiger partial charge is 0.244 e. The first kappa shape index (κ1) is 13.1. The number of hydrogen-bond donors (Lipinski definition) is 1. The molecule has 1 aliphatic heterocycles. The van der Waals surface area contributed by atoms with Gasteiger partial charge in [0.15, 0.2) is 0 Å². The van der Waals surface area contributed by atoms with Crippen LogP contribution in [0.15, 0.2) is 12.4 Å². The zero-order valence-electron chi connectivity index (χ0n) is 11.3. The van der Waals surface area contributed by atoms with Crippen LogP contribution in [0.2, 0.25) is 0 Å². The molecule has 2 heterocycles. The average Bonchev–Trinajstić information content (AvgIpc) is 2.95. The number of aryl methyl sites for hydroxylation is 1. The third-order valence-corrected chi connectivity index (χ3v) is 3.70. The molecule has 1 aromatic rings. The van der Waals surface area contributed by atoms with Crippen LogP contribution in [0, 0.1) is 5.92 Å². The molecule has 0 aromatic carbocycles. The zero-order chi connectivity index (χ0) is 13.3. The van der Waals surface area contributed by atoms with Gasteiger partial charge in [0.1, 0.15) is 6.04 Å². The SMILES string of the molecule is CC(C)C1CCCN1C(=O)C(N)c1cnn(C)c1. The number of amides is 1. The number of carbonyl (C=O) groups excluding carboxylic acids is 1. The molecule has 0 aliphatic carbocycles. The second kappa shape index (κ2) is 5.10. The Hall–Kier alpha value is -1.36. The van der Waals surface area contributed by atoms with Crippen molar-refractivity contribution in [3.63, 3.8) is 0 Å². The Balaban J connectivity index is 2.11. The molecule has 18 heavy (non-hydrogen) atoms. The molecule has 1 saturated heterocycles. The van der Waals surface area contributed by atoms with Crippen LogP contribution in [0.4, 0.5) is 0 Å². The van der Waals surface area contributed by atoms with Gasteiger partial charge in [-0.1, -0.05) is 13.8 Å². The summed E-state index contributed by atoms with van der Waals surface area (Å²) in [5.74, 6) is 0.511. The fourth-order valence-electron chi connectivity index (χ4n) is 2.68. The molecule has 5 heteroatoms. The van der Waals surface area contributed by atoms with Crippen LogP contribution in [0.25, 0.3) is 0 Å². The van der Waals surface area contributed by atoms with Gasteiger partial charge in [0.05, 0.1) is 6.20 Å². The first-order chi connectivity index (χ1) is 8.50. The van der Waals surface area contributed by atoms with Gasteiger partial charge >= 0.3 is 0 Å². The molecule has 0 spiro atoms. The quantitative estimate of drug-likeness (QED) is 0.872. The summed E-state index contributed by atoms with van der Waals surface area (Å²) in [6.45, 7) is 5.15. The van der Waals surface area contributed by atoms with Crippen LogP contribution in [-0.2, 0) is 11.8 Å². The van der Waals surface area contributed by atoms with Gasteiger partial charge in [-0.3, -0.25) is 9.48 Å². The molecule has 1 aliphatic rings. The van der Waals surface area contributed by atoms with E-state index in [1.165, 1.54) is 0 Å². The molecule has 0 radical (unpaired) electrons. The van der Waals surface area contributed by atoms with Crippen molar-refractivity contribution in [1.82, 2.24) is 14.7 Å². The van der Waals surface area contributed by atoms with Crippen molar-refractivity contribution in [2.75, 3.05) is 6.54 Å². The molecule has 100 valence electrons. The Labute approximate surface area is 108 Å². The number of hydrogen-bond acceptors (Lipinski definition) is 3. The summed E-state index contributed by atoms with van der Waals surface area (Å²) in [6, 6.07) is -0.252. The van der Waals surface area contributed by atoms with Crippen LogP contribution >= 0.6 is 0 Å². The molecular formula is C13H22N4O. The van der Waals surface area contributed by atoms with E-state index in [-0.39, 0.29) is 5.91 Å². The lowest BCUT2D eigenvalue weighted by Gasteiger charge is -2.29. The molecular weight excluding hydrogens is 228 g/mol. The average molecular weight is 250 g/mol. The molecule has 1 amide bonds. The normalized spacial score (nSPS) is 21.6. The van der Waals surface area contributed by atoms with Crippen LogP contribution in [0.3, 0.4) is 0 Å². The van der Waals surface area contributed by atoms with E-state index in [0.717, 1.165) is 24.9 Å². The molecule has 2 atom stereocenters. The highest BCUT2D eigenvalue weighted by atomic mass is 16.2. The van der Waals surface area contributed by atoms with E-state index in [2.05, 4.69) is 18.9 Å². The number of carbonyl (C=O) groups is 1. The van der Waals surface area contributed by atoms with Crippen LogP contribution in [0.5, 0.6) is 0 Å². The third kappa shape index (κ3) is 2.41. The standard InChI is InChI=1S/C13H22N4O/c1-9(2)11-5-4-6-17(11)13(18)12(14)10-7-15-16(3)8-10/h7-9,11-12H,4-6,14H2,1-3H3. The van der Waals surface area contributed by atoms with Gasteiger partial charge in [-0.25, -0.2) is 0 Å². The summed E-state index contributed by atoms with van der Waals surface area (Å²) >= 11 is 0. The summed E-state index contributed by atoms with van der Waals surface area (Å²) < 4.78 is 1.67. The molecule has 2 rings (SSSR count). The molecule has 0 saturated carbocycles. The number of likely N-dealkylation sites (tertiary alicyclic amines) is 1. The summed E-state index contributed by atoms with van der Waals surface area (Å²) in [6.07, 6.45) is 5.64. The zero-order valence-corrected chi connectivity index (χ0v) is 11.3. The fourth-order valence-corrected chi connectivity index (χ4v) is 2.68. The highest BCUT2D eigenvalue weighted by Gasteiger charge is 2.34. The lowest BCUT2D eigenvalue weighted by atomic mass is 10.0. The Morgan fingerprint density at radius 2 is 2.28 bits per heavy atom. The van der Waals surface area contributed by atoms with Gasteiger partial charge in [-0.15, -0.1) is 0 Å². The highest BCUT2D eigenvalue weighted by Crippen LogP contribution is 2.26. The van der Waals surface area contributed by atoms with Crippen molar-refractivity contribution < 1.29 is 4.79 Å². The van der Waals surface area contributed by atoms with Crippen molar-refractivity contribution in [3.05, 3.63) is 18.0 Å². The monoisotopic (exact) mass is 250 g/mol. The van der Waals surface area contributed by atoms with Gasteiger partial charge < -0.3 is 10.6 Å². The molecule has 1 aromatic heterocycles. The number of nitrogens with zero attached hydrogens (tertiary/aromatic N) is 3. The van der Waals surface area contributed by atoms with Gasteiger partial charge in [0.2, 0.25) is 5.91 Å². The molecule has 5 nitrogen and oxygen atoms in total. The molecule has 2 N–H and O–H groups in total. The second-order valence-corrected chi connectivity index (χ2v) is 5.41. The third-order valence-electron chi connectivity index (χ3n) is 3.70. The summed E-state index contributed by atoms with van der Waals surface area (Å²) in [5, 5.41) is 4.07. The Bertz CT molecular complexity index is 426. The van der Waals surface area contributed by atoms with Gasteiger partial charge in [-0.05, 0) is 18.8 Å². The largest absolute Gasteiger partial charge is 0.338 e. The first-order valence-corrected chi connectivity index (χ1v) is 6.55. The van der Waals surface area contributed by atoms with E-state index >= 15 is 0 Å². The van der Waals surface area contributed by atoms with Gasteiger partial charge in [-0.2, -0.15) is 5.10 Å². The Morgan fingerprint density at radius 1 is 1.56 bits per heavy atom. The Kier molecular flexibility index (Phi) is 3.71.